The van der Waals surface area contributed by atoms with Gasteiger partial charge < -0.3 is 27.8 Å². The first kappa shape index (κ1) is 18.1. The Labute approximate surface area is 127 Å². The van der Waals surface area contributed by atoms with Crippen LogP contribution in [0.15, 0.2) is 30.3 Å². The van der Waals surface area contributed by atoms with Gasteiger partial charge in [-0.1, -0.05) is 30.3 Å². The monoisotopic (exact) mass is 316 g/mol. The summed E-state index contributed by atoms with van der Waals surface area (Å²) in [4.78, 5) is 23.1. The Balaban J connectivity index is 2.88. The van der Waals surface area contributed by atoms with Crippen molar-refractivity contribution in [3.63, 3.8) is 0 Å². The van der Waals surface area contributed by atoms with Gasteiger partial charge in [-0.05, 0) is 32.8 Å². The summed E-state index contributed by atoms with van der Waals surface area (Å²) in [5.74, 6) is 0. The number of carbonyl (C=O) groups is 2. The van der Waals surface area contributed by atoms with Crippen molar-refractivity contribution < 1.29 is 27.3 Å². The Hall–Kier alpha value is -1.99. The molecule has 0 aliphatic carbocycles. The van der Waals surface area contributed by atoms with Gasteiger partial charge >= 0.3 is 13.1 Å². The molecule has 0 radical (unpaired) electrons. The van der Waals surface area contributed by atoms with Crippen LogP contribution in [-0.2, 0) is 16.0 Å². The van der Waals surface area contributed by atoms with Crippen LogP contribution in [0.25, 0.3) is 0 Å². The predicted molar refractivity (Wildman–Crippen MR) is 77.4 cm³/mol. The molecule has 0 aliphatic heterocycles. The molecule has 0 spiro atoms. The van der Waals surface area contributed by atoms with Crippen LogP contribution in [0.4, 0.5) is 17.7 Å². The molecule has 4 nitrogen and oxygen atoms in total. The highest BCUT2D eigenvalue weighted by molar-refractivity contribution is 6.91. The zero-order valence-electron chi connectivity index (χ0n) is 12.6. The van der Waals surface area contributed by atoms with Crippen molar-refractivity contribution in [1.29, 1.82) is 0 Å². The van der Waals surface area contributed by atoms with Crippen molar-refractivity contribution in [1.82, 2.24) is 5.32 Å². The van der Waals surface area contributed by atoms with Gasteiger partial charge in [-0.2, -0.15) is 0 Å². The summed E-state index contributed by atoms with van der Waals surface area (Å²) in [5.41, 5.74) is -2.31. The van der Waals surface area contributed by atoms with Crippen LogP contribution in [-0.4, -0.2) is 30.4 Å². The molecule has 1 N–H and O–H groups in total. The number of hydrogen-bond donors (Lipinski definition) is 1. The van der Waals surface area contributed by atoms with E-state index in [4.69, 9.17) is 4.74 Å². The third-order valence-corrected chi connectivity index (χ3v) is 2.64. The Morgan fingerprint density at radius 3 is 2.18 bits per heavy atom. The lowest BCUT2D eigenvalue weighted by Crippen LogP contribution is -2.51. The number of ether oxygens (including phenoxy) is 1. The van der Waals surface area contributed by atoms with Gasteiger partial charge in [0.05, 0.1) is 11.7 Å². The molecule has 1 amide bonds. The van der Waals surface area contributed by atoms with E-state index in [-0.39, 0.29) is 6.42 Å². The molecular weight excluding hydrogens is 298 g/mol. The molecule has 1 atom stereocenters. The second-order valence-electron chi connectivity index (χ2n) is 5.87. The summed E-state index contributed by atoms with van der Waals surface area (Å²) in [6.07, 6.45) is -1.30. The Bertz CT molecular complexity index is 526. The number of halogens is 3. The average molecular weight is 316 g/mol. The van der Waals surface area contributed by atoms with Gasteiger partial charge in [0, 0.05) is 0 Å². The lowest BCUT2D eigenvalue weighted by Gasteiger charge is -2.26. The molecular formula is C14H18BF3NO3-. The highest BCUT2D eigenvalue weighted by atomic mass is 19.4. The number of alkyl carbamates (subject to hydrolysis) is 1. The van der Waals surface area contributed by atoms with Crippen molar-refractivity contribution in [2.75, 3.05) is 0 Å². The molecule has 0 heterocycles. The van der Waals surface area contributed by atoms with Gasteiger partial charge in [0.15, 0.2) is 0 Å². The third-order valence-electron chi connectivity index (χ3n) is 2.64. The summed E-state index contributed by atoms with van der Waals surface area (Å²) < 4.78 is 43.0. The summed E-state index contributed by atoms with van der Waals surface area (Å²) in [6.45, 7) is -0.966. The molecule has 0 fully saturated rings. The molecule has 0 aliphatic rings. The first-order valence-electron chi connectivity index (χ1n) is 6.76. The maximum absolute atomic E-state index is 12.7. The topological polar surface area (TPSA) is 55.4 Å². The largest absolute Gasteiger partial charge is 0.546 e. The molecule has 0 unspecified atom stereocenters. The highest BCUT2D eigenvalue weighted by Crippen LogP contribution is 2.16. The summed E-state index contributed by atoms with van der Waals surface area (Å²) in [7, 11) is 0. The van der Waals surface area contributed by atoms with Crippen LogP contribution < -0.4 is 5.32 Å². The SMILES string of the molecule is CC(C)(C)OC(=O)N[C@@H](Cc1ccccc1)C(=O)[B-](F)(F)F. The minimum absolute atomic E-state index is 0.250. The Morgan fingerprint density at radius 1 is 1.18 bits per heavy atom. The molecule has 122 valence electrons. The van der Waals surface area contributed by atoms with E-state index in [2.05, 4.69) is 0 Å². The number of amides is 1. The summed E-state index contributed by atoms with van der Waals surface area (Å²) in [6, 6.07) is 6.46. The fraction of sp³-hybridized carbons (Fsp3) is 0.429. The molecule has 0 saturated carbocycles. The third kappa shape index (κ3) is 6.20. The quantitative estimate of drug-likeness (QED) is 0.849. The van der Waals surface area contributed by atoms with Crippen molar-refractivity contribution in [2.45, 2.75) is 38.8 Å². The summed E-state index contributed by atoms with van der Waals surface area (Å²) in [5, 5.41) is 2.01. The molecule has 0 saturated heterocycles. The second-order valence-corrected chi connectivity index (χ2v) is 5.87. The van der Waals surface area contributed by atoms with Gasteiger partial charge in [-0.3, -0.25) is 0 Å². The maximum Gasteiger partial charge on any atom is 0.546 e. The first-order chi connectivity index (χ1) is 9.99. The van der Waals surface area contributed by atoms with E-state index in [0.717, 1.165) is 0 Å². The normalized spacial score (nSPS) is 13.4. The lowest BCUT2D eigenvalue weighted by molar-refractivity contribution is -0.116. The van der Waals surface area contributed by atoms with Gasteiger partial charge in [0.1, 0.15) is 5.60 Å². The number of benzene rings is 1. The number of nitrogens with one attached hydrogen (secondary N) is 1. The molecule has 22 heavy (non-hydrogen) atoms. The van der Waals surface area contributed by atoms with Crippen molar-refractivity contribution in [3.05, 3.63) is 35.9 Å². The minimum Gasteiger partial charge on any atom is -0.444 e. The van der Waals surface area contributed by atoms with Crippen molar-refractivity contribution in [2.24, 2.45) is 0 Å². The second kappa shape index (κ2) is 6.85. The maximum atomic E-state index is 12.7. The van der Waals surface area contributed by atoms with Crippen LogP contribution in [0.1, 0.15) is 26.3 Å². The number of rotatable bonds is 5. The van der Waals surface area contributed by atoms with Crippen LogP contribution in [0.3, 0.4) is 0 Å². The zero-order chi connectivity index (χ0) is 17.0. The Morgan fingerprint density at radius 2 is 1.73 bits per heavy atom. The molecule has 1 aromatic rings. The number of carbonyl (C=O) groups excluding carboxylic acids is 2. The summed E-state index contributed by atoms with van der Waals surface area (Å²) >= 11 is 0. The van der Waals surface area contributed by atoms with Crippen molar-refractivity contribution >= 4 is 18.8 Å². The fourth-order valence-electron chi connectivity index (χ4n) is 1.75. The van der Waals surface area contributed by atoms with Crippen molar-refractivity contribution in [3.8, 4) is 0 Å². The van der Waals surface area contributed by atoms with Gasteiger partial charge in [0.25, 0.3) is 0 Å². The smallest absolute Gasteiger partial charge is 0.444 e. The van der Waals surface area contributed by atoms with Crippen LogP contribution in [0.5, 0.6) is 0 Å². The van der Waals surface area contributed by atoms with Gasteiger partial charge in [-0.15, -0.1) is 0 Å². The predicted octanol–water partition coefficient (Wildman–Crippen LogP) is 3.08. The van der Waals surface area contributed by atoms with Gasteiger partial charge in [0.2, 0.25) is 0 Å². The molecule has 0 aromatic heterocycles. The van der Waals surface area contributed by atoms with Crippen LogP contribution in [0.2, 0.25) is 0 Å². The van der Waals surface area contributed by atoms with E-state index in [1.807, 2.05) is 5.32 Å². The van der Waals surface area contributed by atoms with E-state index in [9.17, 15) is 22.5 Å². The Kier molecular flexibility index (Phi) is 5.62. The van der Waals surface area contributed by atoms with E-state index < -0.39 is 30.4 Å². The molecule has 0 bridgehead atoms. The molecule has 1 rings (SSSR count). The number of hydrogen-bond acceptors (Lipinski definition) is 3. The van der Waals surface area contributed by atoms with E-state index in [1.165, 1.54) is 0 Å². The molecule has 1 aromatic carbocycles. The van der Waals surface area contributed by atoms with E-state index in [1.54, 1.807) is 51.1 Å². The van der Waals surface area contributed by atoms with Crippen LogP contribution in [0, 0.1) is 0 Å². The van der Waals surface area contributed by atoms with E-state index >= 15 is 0 Å². The highest BCUT2D eigenvalue weighted by Gasteiger charge is 2.39. The minimum atomic E-state index is -5.70. The fourth-order valence-corrected chi connectivity index (χ4v) is 1.75. The first-order valence-corrected chi connectivity index (χ1v) is 6.76. The standard InChI is InChI=1S/C14H18BF3NO3/c1-14(2,3)22-13(21)19-11(12(20)15(16,17)18)9-10-7-5-4-6-8-10/h4-8,11H,9H2,1-3H3,(H,19,21)/q-1/t11-/m0/s1. The van der Waals surface area contributed by atoms with Crippen LogP contribution >= 0.6 is 0 Å². The lowest BCUT2D eigenvalue weighted by atomic mass is 9.78. The van der Waals surface area contributed by atoms with Gasteiger partial charge in [-0.25, -0.2) is 4.79 Å². The molecule has 8 heteroatoms. The van der Waals surface area contributed by atoms with E-state index in [0.29, 0.717) is 5.56 Å². The zero-order valence-corrected chi connectivity index (χ0v) is 12.6. The average Bonchev–Trinajstić information content (AvgIpc) is 2.35.